The van der Waals surface area contributed by atoms with Gasteiger partial charge in [-0.05, 0) is 146 Å². The fourth-order valence-corrected chi connectivity index (χ4v) is 13.1. The van der Waals surface area contributed by atoms with E-state index in [4.69, 9.17) is 0 Å². The highest BCUT2D eigenvalue weighted by Gasteiger charge is 2.29. The summed E-state index contributed by atoms with van der Waals surface area (Å²) in [5.74, 6) is 0. The van der Waals surface area contributed by atoms with E-state index in [1.807, 2.05) is 36.4 Å². The summed E-state index contributed by atoms with van der Waals surface area (Å²) in [5, 5.41) is 30.8. The van der Waals surface area contributed by atoms with Crippen molar-refractivity contribution < 1.29 is 0 Å². The van der Waals surface area contributed by atoms with Gasteiger partial charge in [0, 0.05) is 32.3 Å². The molecule has 0 unspecified atom stereocenters. The van der Waals surface area contributed by atoms with Gasteiger partial charge in [0.15, 0.2) is 0 Å². The lowest BCUT2D eigenvalue weighted by Gasteiger charge is -2.21. The standard InChI is InChI=1S/C80H49N5/c81-50-70-78(83-72-37-31-58(52-19-7-1-8-20-52)43-64(72)65-44-59(32-38-73(65)83)53-21-9-2-10-22-53)49-79(84-74-39-33-60(54-23-11-3-12-24-54)45-66(74)67-46-61(34-40-75(67)84)55-25-13-4-14-26-55)71(51-82)80(70)85-76-41-35-62(56-27-15-5-16-28-56)47-68(76)69-48-63(36-42-77(69)85)57-29-17-6-18-30-57/h1-49H. The number of hydrogen-bond acceptors (Lipinski definition) is 2. The van der Waals surface area contributed by atoms with Crippen LogP contribution in [0.4, 0.5) is 0 Å². The number of aromatic nitrogens is 3. The molecule has 0 saturated heterocycles. The topological polar surface area (TPSA) is 62.4 Å². The van der Waals surface area contributed by atoms with Crippen molar-refractivity contribution in [2.24, 2.45) is 0 Å². The maximum Gasteiger partial charge on any atom is 0.104 e. The number of benzene rings is 13. The van der Waals surface area contributed by atoms with Crippen LogP contribution in [0.5, 0.6) is 0 Å². The minimum atomic E-state index is 0.370. The third-order valence-electron chi connectivity index (χ3n) is 17.1. The summed E-state index contributed by atoms with van der Waals surface area (Å²) in [5.41, 5.74) is 21.2. The van der Waals surface area contributed by atoms with Gasteiger partial charge < -0.3 is 13.7 Å². The van der Waals surface area contributed by atoms with E-state index >= 15 is 0 Å². The summed E-state index contributed by atoms with van der Waals surface area (Å²) in [6, 6.07) is 111. The second-order valence-electron chi connectivity index (χ2n) is 21.8. The van der Waals surface area contributed by atoms with Gasteiger partial charge in [0.2, 0.25) is 0 Å². The molecular formula is C80H49N5. The van der Waals surface area contributed by atoms with Gasteiger partial charge in [-0.2, -0.15) is 10.5 Å². The Balaban J connectivity index is 1.07. The summed E-state index contributed by atoms with van der Waals surface area (Å²) in [6.45, 7) is 0. The van der Waals surface area contributed by atoms with Crippen LogP contribution in [-0.2, 0) is 0 Å². The summed E-state index contributed by atoms with van der Waals surface area (Å²) in [7, 11) is 0. The summed E-state index contributed by atoms with van der Waals surface area (Å²) in [6.07, 6.45) is 0. The lowest BCUT2D eigenvalue weighted by Crippen LogP contribution is -2.11. The molecule has 0 fully saturated rings. The van der Waals surface area contributed by atoms with Crippen LogP contribution in [0.1, 0.15) is 11.1 Å². The minimum Gasteiger partial charge on any atom is -0.308 e. The molecule has 0 N–H and O–H groups in total. The molecule has 13 aromatic carbocycles. The Bertz CT molecular complexity index is 4870. The fraction of sp³-hybridized carbons (Fsp3) is 0. The maximum absolute atomic E-state index is 12.3. The Kier molecular flexibility index (Phi) is 11.6. The van der Waals surface area contributed by atoms with Gasteiger partial charge >= 0.3 is 0 Å². The average Bonchev–Trinajstić information content (AvgIpc) is 1.93. The molecule has 394 valence electrons. The van der Waals surface area contributed by atoms with Crippen molar-refractivity contribution in [2.45, 2.75) is 0 Å². The highest BCUT2D eigenvalue weighted by atomic mass is 15.1. The van der Waals surface area contributed by atoms with Crippen molar-refractivity contribution in [3.63, 3.8) is 0 Å². The van der Waals surface area contributed by atoms with Crippen molar-refractivity contribution in [3.8, 4) is 96.0 Å². The molecule has 0 aliphatic carbocycles. The van der Waals surface area contributed by atoms with E-state index in [9.17, 15) is 10.5 Å². The Morgan fingerprint density at radius 1 is 0.200 bits per heavy atom. The summed E-state index contributed by atoms with van der Waals surface area (Å²) in [4.78, 5) is 0. The lowest BCUT2D eigenvalue weighted by molar-refractivity contribution is 1.07. The smallest absolute Gasteiger partial charge is 0.104 e. The van der Waals surface area contributed by atoms with E-state index in [0.29, 0.717) is 28.2 Å². The van der Waals surface area contributed by atoms with Crippen LogP contribution in [0.2, 0.25) is 0 Å². The largest absolute Gasteiger partial charge is 0.308 e. The molecule has 0 aliphatic rings. The molecule has 0 radical (unpaired) electrons. The zero-order valence-electron chi connectivity index (χ0n) is 46.0. The van der Waals surface area contributed by atoms with Crippen molar-refractivity contribution in [2.75, 3.05) is 0 Å². The van der Waals surface area contributed by atoms with E-state index in [-0.39, 0.29) is 0 Å². The molecule has 5 nitrogen and oxygen atoms in total. The zero-order chi connectivity index (χ0) is 56.5. The number of nitriles is 2. The van der Waals surface area contributed by atoms with Gasteiger partial charge in [0.1, 0.15) is 23.3 Å². The Morgan fingerprint density at radius 2 is 0.400 bits per heavy atom. The molecule has 0 amide bonds. The average molecular weight is 1080 g/mol. The first-order valence-electron chi connectivity index (χ1n) is 28.7. The SMILES string of the molecule is N#Cc1c(-n2c3ccc(-c4ccccc4)cc3c3cc(-c4ccccc4)ccc32)cc(-n2c3ccc(-c4ccccc4)cc3c3cc(-c4ccccc4)ccc32)c(C#N)c1-n1c2ccc(-c3ccccc3)cc2c2cc(-c3ccccc3)ccc21. The van der Waals surface area contributed by atoms with Crippen LogP contribution >= 0.6 is 0 Å². The number of hydrogen-bond donors (Lipinski definition) is 0. The number of fused-ring (bicyclic) bond motifs is 9. The first-order valence-corrected chi connectivity index (χ1v) is 28.7. The monoisotopic (exact) mass is 1080 g/mol. The highest BCUT2D eigenvalue weighted by Crippen LogP contribution is 2.46. The minimum absolute atomic E-state index is 0.370. The summed E-state index contributed by atoms with van der Waals surface area (Å²) >= 11 is 0. The Hall–Kier alpha value is -11.8. The molecule has 3 heterocycles. The van der Waals surface area contributed by atoms with E-state index in [2.05, 4.69) is 287 Å². The predicted octanol–water partition coefficient (Wildman–Crippen LogP) is 20.7. The second kappa shape index (κ2) is 20.0. The third kappa shape index (κ3) is 8.06. The molecule has 0 saturated carbocycles. The van der Waals surface area contributed by atoms with Gasteiger partial charge in [-0.1, -0.05) is 218 Å². The van der Waals surface area contributed by atoms with Gasteiger partial charge in [-0.15, -0.1) is 0 Å². The van der Waals surface area contributed by atoms with E-state index < -0.39 is 0 Å². The molecule has 85 heavy (non-hydrogen) atoms. The molecule has 0 bridgehead atoms. The van der Waals surface area contributed by atoms with Gasteiger partial charge in [-0.25, -0.2) is 0 Å². The molecule has 5 heteroatoms. The first kappa shape index (κ1) is 49.1. The van der Waals surface area contributed by atoms with Gasteiger partial charge in [0.05, 0.1) is 50.2 Å². The number of nitrogens with zero attached hydrogens (tertiary/aromatic N) is 5. The van der Waals surface area contributed by atoms with Crippen LogP contribution in [0.3, 0.4) is 0 Å². The Labute approximate surface area is 491 Å². The zero-order valence-corrected chi connectivity index (χ0v) is 46.0. The molecule has 0 aliphatic heterocycles. The normalized spacial score (nSPS) is 11.5. The van der Waals surface area contributed by atoms with Crippen molar-refractivity contribution in [1.29, 1.82) is 10.5 Å². The predicted molar refractivity (Wildman–Crippen MR) is 352 cm³/mol. The quantitative estimate of drug-likeness (QED) is 0.145. The van der Waals surface area contributed by atoms with Crippen LogP contribution in [0, 0.1) is 22.7 Å². The lowest BCUT2D eigenvalue weighted by atomic mass is 10.0. The Morgan fingerprint density at radius 3 is 0.600 bits per heavy atom. The van der Waals surface area contributed by atoms with E-state index in [1.54, 1.807) is 0 Å². The molecule has 0 atom stereocenters. The third-order valence-corrected chi connectivity index (χ3v) is 17.1. The molecule has 16 rings (SSSR count). The van der Waals surface area contributed by atoms with E-state index in [1.165, 1.54) is 0 Å². The van der Waals surface area contributed by atoms with Crippen LogP contribution in [0.25, 0.3) is 149 Å². The van der Waals surface area contributed by atoms with Gasteiger partial charge in [-0.3, -0.25) is 0 Å². The van der Waals surface area contributed by atoms with Crippen LogP contribution in [0.15, 0.2) is 297 Å². The van der Waals surface area contributed by atoms with Gasteiger partial charge in [0.25, 0.3) is 0 Å². The van der Waals surface area contributed by atoms with Crippen LogP contribution in [-0.4, -0.2) is 13.7 Å². The fourth-order valence-electron chi connectivity index (χ4n) is 13.1. The number of rotatable bonds is 9. The summed E-state index contributed by atoms with van der Waals surface area (Å²) < 4.78 is 6.73. The van der Waals surface area contributed by atoms with Crippen molar-refractivity contribution in [3.05, 3.63) is 308 Å². The molecule has 0 spiro atoms. The maximum atomic E-state index is 12.3. The molecule has 3 aromatic heterocycles. The van der Waals surface area contributed by atoms with E-state index in [0.717, 1.165) is 132 Å². The van der Waals surface area contributed by atoms with Crippen molar-refractivity contribution in [1.82, 2.24) is 13.7 Å². The van der Waals surface area contributed by atoms with Crippen molar-refractivity contribution >= 4 is 65.4 Å². The molecule has 16 aromatic rings. The first-order chi connectivity index (χ1) is 42.1. The highest BCUT2D eigenvalue weighted by molar-refractivity contribution is 6.15. The van der Waals surface area contributed by atoms with Crippen LogP contribution < -0.4 is 0 Å². The molecular weight excluding hydrogens is 1030 g/mol. The second-order valence-corrected chi connectivity index (χ2v) is 21.8.